The molecule has 0 spiro atoms. The smallest absolute Gasteiger partial charge is 0.401 e. The van der Waals surface area contributed by atoms with Gasteiger partial charge in [-0.05, 0) is 36.1 Å². The van der Waals surface area contributed by atoms with E-state index >= 15 is 8.78 Å². The van der Waals surface area contributed by atoms with Crippen LogP contribution in [0.2, 0.25) is 0 Å². The minimum Gasteiger partial charge on any atom is -0.401 e. The second kappa shape index (κ2) is 13.7. The first-order chi connectivity index (χ1) is 23.3. The van der Waals surface area contributed by atoms with Crippen molar-refractivity contribution in [3.05, 3.63) is 90.1 Å². The summed E-state index contributed by atoms with van der Waals surface area (Å²) in [6.07, 6.45) is -0.531. The predicted molar refractivity (Wildman–Crippen MR) is 170 cm³/mol. The van der Waals surface area contributed by atoms with E-state index in [1.54, 1.807) is 39.8 Å². The molecule has 3 atom stereocenters. The molecule has 0 aliphatic carbocycles. The van der Waals surface area contributed by atoms with Crippen LogP contribution < -0.4 is 20.9 Å². The van der Waals surface area contributed by atoms with Gasteiger partial charge in [0.05, 0.1) is 42.6 Å². The van der Waals surface area contributed by atoms with E-state index in [1.807, 2.05) is 0 Å². The van der Waals surface area contributed by atoms with Gasteiger partial charge in [0.2, 0.25) is 0 Å². The molecule has 0 amide bonds. The van der Waals surface area contributed by atoms with E-state index in [2.05, 4.69) is 19.9 Å². The quantitative estimate of drug-likeness (QED) is 0.112. The molecule has 2 aromatic carbocycles. The third-order valence-electron chi connectivity index (χ3n) is 8.21. The fraction of sp³-hybridized carbons (Fsp3) is 0.290. The molecule has 0 saturated carbocycles. The molecule has 1 aliphatic rings. The molecule has 3 aromatic heterocycles. The molecule has 0 bridgehead atoms. The third-order valence-corrected chi connectivity index (χ3v) is 9.09. The molecule has 0 radical (unpaired) electrons. The summed E-state index contributed by atoms with van der Waals surface area (Å²) < 4.78 is 81.8. The summed E-state index contributed by atoms with van der Waals surface area (Å²) in [6.45, 7) is -0.0364. The molecule has 1 fully saturated rings. The predicted octanol–water partition coefficient (Wildman–Crippen LogP) is 4.42. The van der Waals surface area contributed by atoms with Crippen molar-refractivity contribution in [2.75, 3.05) is 23.7 Å². The van der Waals surface area contributed by atoms with Gasteiger partial charge in [0.15, 0.2) is 23.0 Å². The Kier molecular flexibility index (Phi) is 9.55. The van der Waals surface area contributed by atoms with Gasteiger partial charge in [-0.3, -0.25) is 14.4 Å². The van der Waals surface area contributed by atoms with Gasteiger partial charge in [-0.25, -0.2) is 37.1 Å². The fourth-order valence-corrected chi connectivity index (χ4v) is 6.49. The Morgan fingerprint density at radius 3 is 2.59 bits per heavy atom. The summed E-state index contributed by atoms with van der Waals surface area (Å²) in [5.41, 5.74) is 12.4. The zero-order valence-electron chi connectivity index (χ0n) is 25.7. The number of aliphatic hydroxyl groups excluding tert-OH is 1. The highest BCUT2D eigenvalue weighted by molar-refractivity contribution is 7.47. The van der Waals surface area contributed by atoms with Gasteiger partial charge >= 0.3 is 7.82 Å². The topological polar surface area (TPSA) is 188 Å². The number of halogens is 4. The lowest BCUT2D eigenvalue weighted by atomic mass is 9.84. The zero-order chi connectivity index (χ0) is 34.9. The standard InChI is InChI=1S/C31H31F4N8O5P/c32-21-11-25(48-49(45,46)47-14-18-5-2-1-3-6-18)22(33)10-20(21)23-9-19(13-43-17-41-26-29(36)39-16-40-30(26)43)24(12-38-23)42-8-4-7-31(37,15-42)27(44)28(34)35/h1-3,5-6,9-12,16-17,27-28,44H,4,7-8,13-15,37H2,(H,45,46)(H2,36,39,40)/t27-,31-/m1/s1. The number of imidazole rings is 1. The number of benzene rings is 2. The molecule has 18 heteroatoms. The van der Waals surface area contributed by atoms with E-state index in [0.717, 1.165) is 6.07 Å². The molecule has 4 heterocycles. The first-order valence-electron chi connectivity index (χ1n) is 14.9. The molecular formula is C31H31F4N8O5P. The van der Waals surface area contributed by atoms with Crippen LogP contribution in [-0.4, -0.2) is 65.7 Å². The molecule has 1 aliphatic heterocycles. The summed E-state index contributed by atoms with van der Waals surface area (Å²) in [5, 5.41) is 10.2. The average molecular weight is 703 g/mol. The number of alkyl halides is 2. The zero-order valence-corrected chi connectivity index (χ0v) is 26.6. The Labute approximate surface area is 276 Å². The van der Waals surface area contributed by atoms with E-state index in [1.165, 1.54) is 24.9 Å². The number of hydrogen-bond donors (Lipinski definition) is 4. The highest BCUT2D eigenvalue weighted by Gasteiger charge is 2.43. The number of piperidine rings is 1. The van der Waals surface area contributed by atoms with Gasteiger partial charge in [0.25, 0.3) is 6.43 Å². The minimum absolute atomic E-state index is 0.0311. The van der Waals surface area contributed by atoms with Crippen LogP contribution in [0.1, 0.15) is 24.0 Å². The molecule has 258 valence electrons. The number of pyridine rings is 1. The van der Waals surface area contributed by atoms with Gasteiger partial charge < -0.3 is 30.6 Å². The number of phosphoric ester groups is 1. The summed E-state index contributed by atoms with van der Waals surface area (Å²) in [4.78, 5) is 28.7. The first-order valence-corrected chi connectivity index (χ1v) is 16.4. The summed E-state index contributed by atoms with van der Waals surface area (Å²) in [5.74, 6) is -2.91. The second-order valence-corrected chi connectivity index (χ2v) is 13.0. The number of nitrogens with zero attached hydrogens (tertiary/aromatic N) is 6. The number of aromatic nitrogens is 5. The molecule has 13 nitrogen and oxygen atoms in total. The van der Waals surface area contributed by atoms with E-state index in [4.69, 9.17) is 20.5 Å². The first kappa shape index (κ1) is 34.2. The maximum Gasteiger partial charge on any atom is 0.527 e. The van der Waals surface area contributed by atoms with E-state index in [0.29, 0.717) is 47.0 Å². The van der Waals surface area contributed by atoms with Gasteiger partial charge in [-0.2, -0.15) is 0 Å². The number of nitrogen functional groups attached to an aromatic ring is 1. The maximum atomic E-state index is 15.6. The van der Waals surface area contributed by atoms with Crippen molar-refractivity contribution in [3.63, 3.8) is 0 Å². The third kappa shape index (κ3) is 7.35. The minimum atomic E-state index is -4.86. The molecule has 5 aromatic rings. The lowest BCUT2D eigenvalue weighted by molar-refractivity contribution is -0.0529. The Hall–Kier alpha value is -4.67. The monoisotopic (exact) mass is 702 g/mol. The molecule has 6 rings (SSSR count). The van der Waals surface area contributed by atoms with Crippen LogP contribution in [0.4, 0.5) is 29.1 Å². The molecule has 1 saturated heterocycles. The van der Waals surface area contributed by atoms with Gasteiger partial charge in [-0.1, -0.05) is 30.3 Å². The Morgan fingerprint density at radius 2 is 1.84 bits per heavy atom. The Balaban J connectivity index is 1.33. The normalized spacial score (nSPS) is 18.5. The van der Waals surface area contributed by atoms with Crippen LogP contribution in [0.5, 0.6) is 5.75 Å². The lowest BCUT2D eigenvalue weighted by Crippen LogP contribution is -2.63. The second-order valence-electron chi connectivity index (χ2n) is 11.6. The molecular weight excluding hydrogens is 671 g/mol. The lowest BCUT2D eigenvalue weighted by Gasteiger charge is -2.44. The van der Waals surface area contributed by atoms with Crippen molar-refractivity contribution in [1.29, 1.82) is 0 Å². The molecule has 49 heavy (non-hydrogen) atoms. The maximum absolute atomic E-state index is 15.6. The van der Waals surface area contributed by atoms with Crippen molar-refractivity contribution in [2.45, 2.75) is 44.1 Å². The van der Waals surface area contributed by atoms with Crippen LogP contribution in [0.3, 0.4) is 0 Å². The Bertz CT molecular complexity index is 2020. The SMILES string of the molecule is Nc1ncnc2c1ncn2Cc1cc(-c2cc(F)c(OP(=O)(O)OCc3ccccc3)cc2F)ncc1N1CCC[C@](N)([C@H](O)C(F)F)C1. The fourth-order valence-electron chi connectivity index (χ4n) is 5.73. The largest absolute Gasteiger partial charge is 0.527 e. The van der Waals surface area contributed by atoms with Crippen LogP contribution in [-0.2, 0) is 22.2 Å². The van der Waals surface area contributed by atoms with E-state index in [9.17, 15) is 23.3 Å². The highest BCUT2D eigenvalue weighted by atomic mass is 31.2. The average Bonchev–Trinajstić information content (AvgIpc) is 3.49. The van der Waals surface area contributed by atoms with Crippen LogP contribution in [0, 0.1) is 11.6 Å². The van der Waals surface area contributed by atoms with Gasteiger partial charge in [0.1, 0.15) is 23.8 Å². The highest BCUT2D eigenvalue weighted by Crippen LogP contribution is 2.46. The van der Waals surface area contributed by atoms with Crippen LogP contribution >= 0.6 is 7.82 Å². The van der Waals surface area contributed by atoms with Crippen LogP contribution in [0.15, 0.2) is 67.4 Å². The molecule has 1 unspecified atom stereocenters. The number of nitrogens with two attached hydrogens (primary N) is 2. The van der Waals surface area contributed by atoms with Gasteiger partial charge in [-0.15, -0.1) is 0 Å². The summed E-state index contributed by atoms with van der Waals surface area (Å²) >= 11 is 0. The summed E-state index contributed by atoms with van der Waals surface area (Å²) in [6, 6.07) is 11.3. The number of anilines is 2. The number of aliphatic hydroxyl groups is 1. The number of phosphoric acid groups is 1. The summed E-state index contributed by atoms with van der Waals surface area (Å²) in [7, 11) is -4.86. The van der Waals surface area contributed by atoms with Crippen molar-refractivity contribution in [3.8, 4) is 17.0 Å². The van der Waals surface area contributed by atoms with E-state index < -0.39 is 43.3 Å². The molecule has 6 N–H and O–H groups in total. The number of fused-ring (bicyclic) bond motifs is 1. The van der Waals surface area contributed by atoms with Crippen molar-refractivity contribution in [2.24, 2.45) is 5.73 Å². The van der Waals surface area contributed by atoms with Crippen LogP contribution in [0.25, 0.3) is 22.4 Å². The van der Waals surface area contributed by atoms with Crippen molar-refractivity contribution < 1.29 is 41.2 Å². The van der Waals surface area contributed by atoms with E-state index in [-0.39, 0.29) is 43.2 Å². The Morgan fingerprint density at radius 1 is 1.06 bits per heavy atom. The number of hydrogen-bond acceptors (Lipinski definition) is 11. The van der Waals surface area contributed by atoms with Gasteiger partial charge in [0, 0.05) is 24.7 Å². The van der Waals surface area contributed by atoms with Crippen molar-refractivity contribution in [1.82, 2.24) is 24.5 Å². The van der Waals surface area contributed by atoms with Crippen molar-refractivity contribution >= 4 is 30.5 Å². The number of rotatable bonds is 11.